The van der Waals surface area contributed by atoms with Crippen molar-refractivity contribution in [1.82, 2.24) is 4.57 Å². The molecule has 0 atom stereocenters. The molecule has 222 valence electrons. The Morgan fingerprint density at radius 1 is 0.610 bits per heavy atom. The van der Waals surface area contributed by atoms with Gasteiger partial charge in [0.1, 0.15) is 18.9 Å². The van der Waals surface area contributed by atoms with Crippen LogP contribution in [-0.4, -0.2) is 40.4 Å². The molecule has 4 aromatic rings. The molecule has 0 aliphatic rings. The zero-order valence-electron chi connectivity index (χ0n) is 20.4. The lowest BCUT2D eigenvalue weighted by molar-refractivity contribution is -0.687. The summed E-state index contributed by atoms with van der Waals surface area (Å²) in [7, 11) is 0. The Balaban J connectivity index is 1.57. The van der Waals surface area contributed by atoms with E-state index in [-0.39, 0.29) is 6.54 Å². The predicted molar refractivity (Wildman–Crippen MR) is 121 cm³/mol. The van der Waals surface area contributed by atoms with Gasteiger partial charge in [0.15, 0.2) is 0 Å². The highest BCUT2D eigenvalue weighted by Crippen LogP contribution is 2.60. The van der Waals surface area contributed by atoms with Gasteiger partial charge in [-0.25, -0.2) is 9.13 Å². The summed E-state index contributed by atoms with van der Waals surface area (Å²) in [6.07, 6.45) is -6.21. The lowest BCUT2D eigenvalue weighted by atomic mass is 9.92. The number of benzene rings is 3. The van der Waals surface area contributed by atoms with Crippen LogP contribution in [-0.2, 0) is 13.1 Å². The number of aryl methyl sites for hydroxylation is 1. The number of fused-ring (bicyclic) bond motifs is 2. The van der Waals surface area contributed by atoms with E-state index in [0.717, 1.165) is 44.2 Å². The van der Waals surface area contributed by atoms with E-state index >= 15 is 0 Å². The number of halogens is 13. The van der Waals surface area contributed by atoms with E-state index in [1.807, 2.05) is 42.5 Å². The first-order valence-electron chi connectivity index (χ1n) is 11.6. The van der Waals surface area contributed by atoms with Gasteiger partial charge < -0.3 is 0 Å². The lowest BCUT2D eigenvalue weighted by Gasteiger charge is -2.39. The minimum absolute atomic E-state index is 0.123. The Labute approximate surface area is 222 Å². The molecule has 0 aliphatic carbocycles. The number of rotatable bonds is 9. The van der Waals surface area contributed by atoms with Gasteiger partial charge in [0.25, 0.3) is 0 Å². The third-order valence-electron chi connectivity index (χ3n) is 6.65. The molecule has 0 spiro atoms. The zero-order valence-corrected chi connectivity index (χ0v) is 20.4. The Morgan fingerprint density at radius 2 is 1.10 bits per heavy atom. The monoisotopic (exact) mass is 605 g/mol. The SMILES string of the molecule is FC(F)(F)C(F)(F)C(F)(F)C(F)(F)C(F)(F)C(F)(F)CCn1cc[n+](Cc2c3ccccc3cc3ccccc23)c1. The van der Waals surface area contributed by atoms with Crippen LogP contribution < -0.4 is 4.57 Å². The Morgan fingerprint density at radius 3 is 1.61 bits per heavy atom. The van der Waals surface area contributed by atoms with Gasteiger partial charge in [0.2, 0.25) is 6.33 Å². The minimum atomic E-state index is -7.90. The summed E-state index contributed by atoms with van der Waals surface area (Å²) in [5.74, 6) is -36.8. The van der Waals surface area contributed by atoms with Crippen LogP contribution in [0.1, 0.15) is 12.0 Å². The molecule has 15 heteroatoms. The average molecular weight is 605 g/mol. The van der Waals surface area contributed by atoms with Crippen molar-refractivity contribution in [2.45, 2.75) is 55.3 Å². The van der Waals surface area contributed by atoms with Crippen molar-refractivity contribution in [1.29, 1.82) is 0 Å². The fraction of sp³-hybridized carbons (Fsp3) is 0.346. The van der Waals surface area contributed by atoms with E-state index in [0.29, 0.717) is 0 Å². The number of aromatic nitrogens is 2. The number of alkyl halides is 13. The van der Waals surface area contributed by atoms with E-state index in [2.05, 4.69) is 0 Å². The van der Waals surface area contributed by atoms with Gasteiger partial charge >= 0.3 is 35.8 Å². The normalized spacial score (nSPS) is 14.3. The summed E-state index contributed by atoms with van der Waals surface area (Å²) in [6.45, 7) is -1.08. The Bertz CT molecular complexity index is 1500. The van der Waals surface area contributed by atoms with Crippen LogP contribution >= 0.6 is 0 Å². The maximum absolute atomic E-state index is 14.2. The van der Waals surface area contributed by atoms with E-state index in [1.54, 1.807) is 12.1 Å². The van der Waals surface area contributed by atoms with Crippen molar-refractivity contribution in [3.8, 4) is 0 Å². The highest BCUT2D eigenvalue weighted by molar-refractivity contribution is 6.02. The first kappa shape index (κ1) is 30.4. The van der Waals surface area contributed by atoms with Crippen LogP contribution in [0.15, 0.2) is 73.3 Å². The highest BCUT2D eigenvalue weighted by atomic mass is 19.4. The number of imidazole rings is 1. The third kappa shape index (κ3) is 4.86. The number of hydrogen-bond donors (Lipinski definition) is 0. The molecule has 2 nitrogen and oxygen atoms in total. The first-order valence-corrected chi connectivity index (χ1v) is 11.6. The maximum Gasteiger partial charge on any atom is 0.460 e. The molecule has 0 fully saturated rings. The largest absolute Gasteiger partial charge is 0.460 e. The second-order valence-corrected chi connectivity index (χ2v) is 9.37. The van der Waals surface area contributed by atoms with Crippen LogP contribution in [0.25, 0.3) is 21.5 Å². The summed E-state index contributed by atoms with van der Waals surface area (Å²) < 4.78 is 176. The Hall–Kier alpha value is -3.52. The van der Waals surface area contributed by atoms with E-state index < -0.39 is 48.8 Å². The standard InChI is InChI=1S/C26H18F13N2/c27-21(28,22(29,30)23(31,32)24(33,34)25(35,36)26(37,38)39)9-10-40-11-12-41(15-40)14-20-18-7-3-1-5-16(18)13-17-6-2-4-8-19(17)20/h1-8,11-13,15H,9-10,14H2/q+1. The first-order chi connectivity index (χ1) is 18.7. The molecule has 0 amide bonds. The predicted octanol–water partition coefficient (Wildman–Crippen LogP) is 8.26. The molecule has 0 aliphatic heterocycles. The smallest absolute Gasteiger partial charge is 0.237 e. The third-order valence-corrected chi connectivity index (χ3v) is 6.65. The van der Waals surface area contributed by atoms with E-state index in [1.165, 1.54) is 10.8 Å². The molecular weight excluding hydrogens is 587 g/mol. The van der Waals surface area contributed by atoms with Crippen molar-refractivity contribution in [3.63, 3.8) is 0 Å². The molecule has 0 bridgehead atoms. The van der Waals surface area contributed by atoms with Crippen molar-refractivity contribution < 1.29 is 61.6 Å². The molecule has 1 heterocycles. The van der Waals surface area contributed by atoms with Gasteiger partial charge in [-0.1, -0.05) is 48.5 Å². The highest BCUT2D eigenvalue weighted by Gasteiger charge is 2.90. The second-order valence-electron chi connectivity index (χ2n) is 9.37. The molecule has 41 heavy (non-hydrogen) atoms. The summed E-state index contributed by atoms with van der Waals surface area (Å²) in [6, 6.07) is 16.5. The van der Waals surface area contributed by atoms with Crippen LogP contribution in [0, 0.1) is 0 Å². The molecule has 0 saturated carbocycles. The molecule has 4 rings (SSSR count). The van der Waals surface area contributed by atoms with Gasteiger partial charge in [-0.05, 0) is 27.6 Å². The summed E-state index contributed by atoms with van der Waals surface area (Å²) in [4.78, 5) is 0. The second kappa shape index (κ2) is 9.79. The topological polar surface area (TPSA) is 8.81 Å². The van der Waals surface area contributed by atoms with Gasteiger partial charge in [-0.3, -0.25) is 0 Å². The summed E-state index contributed by atoms with van der Waals surface area (Å²) in [5.41, 5.74) is 0.783. The molecule has 0 N–H and O–H groups in total. The van der Waals surface area contributed by atoms with Crippen LogP contribution in [0.5, 0.6) is 0 Å². The molecule has 0 radical (unpaired) electrons. The van der Waals surface area contributed by atoms with Crippen molar-refractivity contribution >= 4 is 21.5 Å². The average Bonchev–Trinajstić information content (AvgIpc) is 3.33. The zero-order chi connectivity index (χ0) is 30.6. The van der Waals surface area contributed by atoms with Crippen molar-refractivity contribution in [2.75, 3.05) is 0 Å². The molecule has 0 saturated heterocycles. The van der Waals surface area contributed by atoms with Crippen molar-refractivity contribution in [2.24, 2.45) is 0 Å². The number of nitrogens with zero attached hydrogens (tertiary/aromatic N) is 2. The van der Waals surface area contributed by atoms with Gasteiger partial charge in [0.05, 0.1) is 13.0 Å². The molecule has 0 unspecified atom stereocenters. The summed E-state index contributed by atoms with van der Waals surface area (Å²) >= 11 is 0. The fourth-order valence-corrected chi connectivity index (χ4v) is 4.35. The quantitative estimate of drug-likeness (QED) is 0.103. The van der Waals surface area contributed by atoms with Gasteiger partial charge in [0, 0.05) is 5.56 Å². The fourth-order valence-electron chi connectivity index (χ4n) is 4.35. The lowest BCUT2D eigenvalue weighted by Crippen LogP contribution is -2.70. The molecule has 1 aromatic heterocycles. The molecular formula is C26H18F13N2+. The molecule has 3 aromatic carbocycles. The van der Waals surface area contributed by atoms with E-state index in [4.69, 9.17) is 0 Å². The van der Waals surface area contributed by atoms with Crippen LogP contribution in [0.4, 0.5) is 57.1 Å². The minimum Gasteiger partial charge on any atom is -0.237 e. The maximum atomic E-state index is 14.2. The van der Waals surface area contributed by atoms with Crippen molar-refractivity contribution in [3.05, 3.63) is 78.9 Å². The van der Waals surface area contributed by atoms with Gasteiger partial charge in [-0.2, -0.15) is 57.1 Å². The Kier molecular flexibility index (Phi) is 7.27. The van der Waals surface area contributed by atoms with Gasteiger partial charge in [-0.15, -0.1) is 0 Å². The van der Waals surface area contributed by atoms with E-state index in [9.17, 15) is 57.1 Å². The number of hydrogen-bond acceptors (Lipinski definition) is 0. The van der Waals surface area contributed by atoms with Crippen LogP contribution in [0.2, 0.25) is 0 Å². The van der Waals surface area contributed by atoms with Crippen LogP contribution in [0.3, 0.4) is 0 Å². The summed E-state index contributed by atoms with van der Waals surface area (Å²) in [5, 5.41) is 3.40.